The Bertz CT molecular complexity index is 544. The summed E-state index contributed by atoms with van der Waals surface area (Å²) in [6, 6.07) is 1.94. The number of aromatic nitrogens is 3. The van der Waals surface area contributed by atoms with E-state index in [0.717, 1.165) is 35.2 Å². The standard InChI is InChI=1S/C14H16ClN3/c1-4-10-8-16-7-6-12(10)14-17-9(3)11(5-2)13(15)18-14/h6-8H,4-5H2,1-3H3. The molecule has 0 fully saturated rings. The number of hydrogen-bond donors (Lipinski definition) is 0. The Balaban J connectivity index is 2.58. The van der Waals surface area contributed by atoms with Crippen LogP contribution >= 0.6 is 11.6 Å². The molecule has 0 N–H and O–H groups in total. The Hall–Kier alpha value is -1.48. The van der Waals surface area contributed by atoms with Crippen LogP contribution in [-0.4, -0.2) is 15.0 Å². The Morgan fingerprint density at radius 2 is 1.94 bits per heavy atom. The molecule has 0 aromatic carbocycles. The summed E-state index contributed by atoms with van der Waals surface area (Å²) >= 11 is 6.21. The molecule has 0 spiro atoms. The van der Waals surface area contributed by atoms with Crippen LogP contribution in [-0.2, 0) is 12.8 Å². The highest BCUT2D eigenvalue weighted by Crippen LogP contribution is 2.24. The lowest BCUT2D eigenvalue weighted by atomic mass is 10.1. The first kappa shape index (κ1) is 13.0. The number of aryl methyl sites for hydroxylation is 2. The van der Waals surface area contributed by atoms with Crippen molar-refractivity contribution in [1.29, 1.82) is 0 Å². The second-order valence-corrected chi connectivity index (χ2v) is 4.50. The molecule has 0 saturated heterocycles. The van der Waals surface area contributed by atoms with Crippen LogP contribution in [0.1, 0.15) is 30.7 Å². The van der Waals surface area contributed by atoms with Crippen molar-refractivity contribution in [3.63, 3.8) is 0 Å². The molecular formula is C14H16ClN3. The van der Waals surface area contributed by atoms with E-state index < -0.39 is 0 Å². The van der Waals surface area contributed by atoms with Gasteiger partial charge in [0.15, 0.2) is 5.82 Å². The van der Waals surface area contributed by atoms with Gasteiger partial charge in [-0.05, 0) is 31.4 Å². The maximum atomic E-state index is 6.21. The molecule has 0 radical (unpaired) electrons. The van der Waals surface area contributed by atoms with E-state index in [-0.39, 0.29) is 0 Å². The molecule has 18 heavy (non-hydrogen) atoms. The number of rotatable bonds is 3. The number of halogens is 1. The van der Waals surface area contributed by atoms with Crippen molar-refractivity contribution in [2.24, 2.45) is 0 Å². The van der Waals surface area contributed by atoms with Crippen LogP contribution in [0.15, 0.2) is 18.5 Å². The third-order valence-electron chi connectivity index (χ3n) is 3.04. The molecule has 0 bridgehead atoms. The summed E-state index contributed by atoms with van der Waals surface area (Å²) in [5.41, 5.74) is 4.12. The molecule has 3 nitrogen and oxygen atoms in total. The second-order valence-electron chi connectivity index (χ2n) is 4.14. The van der Waals surface area contributed by atoms with E-state index in [1.807, 2.05) is 19.2 Å². The van der Waals surface area contributed by atoms with Crippen molar-refractivity contribution >= 4 is 11.6 Å². The van der Waals surface area contributed by atoms with Crippen LogP contribution in [0.4, 0.5) is 0 Å². The maximum Gasteiger partial charge on any atom is 0.161 e. The molecule has 0 saturated carbocycles. The molecule has 0 unspecified atom stereocenters. The fraction of sp³-hybridized carbons (Fsp3) is 0.357. The van der Waals surface area contributed by atoms with Gasteiger partial charge in [-0.2, -0.15) is 0 Å². The van der Waals surface area contributed by atoms with Gasteiger partial charge in [0.2, 0.25) is 0 Å². The van der Waals surface area contributed by atoms with Crippen LogP contribution in [0.5, 0.6) is 0 Å². The first-order chi connectivity index (χ1) is 8.67. The van der Waals surface area contributed by atoms with E-state index in [4.69, 9.17) is 11.6 Å². The Morgan fingerprint density at radius 1 is 1.17 bits per heavy atom. The second kappa shape index (κ2) is 5.44. The summed E-state index contributed by atoms with van der Waals surface area (Å²) in [6.07, 6.45) is 5.37. The lowest BCUT2D eigenvalue weighted by molar-refractivity contribution is 0.994. The Labute approximate surface area is 112 Å². The van der Waals surface area contributed by atoms with Crippen molar-refractivity contribution in [1.82, 2.24) is 15.0 Å². The highest BCUT2D eigenvalue weighted by Gasteiger charge is 2.12. The molecule has 4 heteroatoms. The summed E-state index contributed by atoms with van der Waals surface area (Å²) in [7, 11) is 0. The fourth-order valence-corrected chi connectivity index (χ4v) is 2.36. The van der Waals surface area contributed by atoms with E-state index in [0.29, 0.717) is 11.0 Å². The van der Waals surface area contributed by atoms with Gasteiger partial charge in [-0.25, -0.2) is 9.97 Å². The summed E-state index contributed by atoms with van der Waals surface area (Å²) in [4.78, 5) is 13.1. The predicted octanol–water partition coefficient (Wildman–Crippen LogP) is 3.63. The van der Waals surface area contributed by atoms with Crippen LogP contribution in [0.3, 0.4) is 0 Å². The molecular weight excluding hydrogens is 246 g/mol. The van der Waals surface area contributed by atoms with Crippen molar-refractivity contribution in [3.8, 4) is 11.4 Å². The van der Waals surface area contributed by atoms with Gasteiger partial charge in [0.1, 0.15) is 5.15 Å². The van der Waals surface area contributed by atoms with Crippen LogP contribution in [0.25, 0.3) is 11.4 Å². The van der Waals surface area contributed by atoms with Gasteiger partial charge in [-0.1, -0.05) is 25.4 Å². The smallest absolute Gasteiger partial charge is 0.161 e. The highest BCUT2D eigenvalue weighted by molar-refractivity contribution is 6.30. The minimum atomic E-state index is 0.555. The summed E-state index contributed by atoms with van der Waals surface area (Å²) in [6.45, 7) is 6.12. The van der Waals surface area contributed by atoms with E-state index in [2.05, 4.69) is 28.8 Å². The van der Waals surface area contributed by atoms with Gasteiger partial charge in [-0.3, -0.25) is 4.98 Å². The first-order valence-electron chi connectivity index (χ1n) is 6.13. The minimum Gasteiger partial charge on any atom is -0.264 e. The average molecular weight is 262 g/mol. The minimum absolute atomic E-state index is 0.555. The van der Waals surface area contributed by atoms with E-state index in [1.54, 1.807) is 6.20 Å². The first-order valence-corrected chi connectivity index (χ1v) is 6.51. The zero-order valence-corrected chi connectivity index (χ0v) is 11.6. The van der Waals surface area contributed by atoms with Gasteiger partial charge in [-0.15, -0.1) is 0 Å². The van der Waals surface area contributed by atoms with Crippen molar-refractivity contribution in [3.05, 3.63) is 40.4 Å². The lowest BCUT2D eigenvalue weighted by Crippen LogP contribution is -2.01. The summed E-state index contributed by atoms with van der Waals surface area (Å²) < 4.78 is 0. The summed E-state index contributed by atoms with van der Waals surface area (Å²) in [5, 5.41) is 0.555. The normalized spacial score (nSPS) is 10.7. The average Bonchev–Trinajstić information content (AvgIpc) is 2.38. The number of hydrogen-bond acceptors (Lipinski definition) is 3. The summed E-state index contributed by atoms with van der Waals surface area (Å²) in [5.74, 6) is 0.689. The van der Waals surface area contributed by atoms with Crippen LogP contribution in [0, 0.1) is 6.92 Å². The van der Waals surface area contributed by atoms with Crippen molar-refractivity contribution in [2.45, 2.75) is 33.6 Å². The van der Waals surface area contributed by atoms with Crippen molar-refractivity contribution < 1.29 is 0 Å². The molecule has 0 amide bonds. The van der Waals surface area contributed by atoms with Gasteiger partial charge < -0.3 is 0 Å². The van der Waals surface area contributed by atoms with Crippen LogP contribution < -0.4 is 0 Å². The van der Waals surface area contributed by atoms with Gasteiger partial charge in [0, 0.05) is 29.2 Å². The Morgan fingerprint density at radius 3 is 2.56 bits per heavy atom. The maximum absolute atomic E-state index is 6.21. The quantitative estimate of drug-likeness (QED) is 0.792. The number of nitrogens with zero attached hydrogens (tertiary/aromatic N) is 3. The zero-order valence-electron chi connectivity index (χ0n) is 10.9. The molecule has 0 aliphatic rings. The largest absolute Gasteiger partial charge is 0.264 e. The molecule has 94 valence electrons. The molecule has 2 aromatic rings. The van der Waals surface area contributed by atoms with Crippen LogP contribution in [0.2, 0.25) is 5.15 Å². The molecule has 2 heterocycles. The highest BCUT2D eigenvalue weighted by atomic mass is 35.5. The SMILES string of the molecule is CCc1cnccc1-c1nc(C)c(CC)c(Cl)n1. The Kier molecular flexibility index (Phi) is 3.92. The van der Waals surface area contributed by atoms with Gasteiger partial charge in [0.25, 0.3) is 0 Å². The van der Waals surface area contributed by atoms with E-state index in [1.165, 1.54) is 0 Å². The number of pyridine rings is 1. The van der Waals surface area contributed by atoms with Crippen molar-refractivity contribution in [2.75, 3.05) is 0 Å². The predicted molar refractivity (Wildman–Crippen MR) is 73.8 cm³/mol. The molecule has 0 aliphatic heterocycles. The molecule has 2 aromatic heterocycles. The zero-order chi connectivity index (χ0) is 13.1. The van der Waals surface area contributed by atoms with Gasteiger partial charge in [0.05, 0.1) is 0 Å². The topological polar surface area (TPSA) is 38.7 Å². The third kappa shape index (κ3) is 2.36. The van der Waals surface area contributed by atoms with Gasteiger partial charge >= 0.3 is 0 Å². The van der Waals surface area contributed by atoms with E-state index >= 15 is 0 Å². The lowest BCUT2D eigenvalue weighted by Gasteiger charge is -2.10. The molecule has 0 aliphatic carbocycles. The molecule has 2 rings (SSSR count). The fourth-order valence-electron chi connectivity index (χ4n) is 2.01. The van der Waals surface area contributed by atoms with E-state index in [9.17, 15) is 0 Å². The third-order valence-corrected chi connectivity index (χ3v) is 3.36. The monoisotopic (exact) mass is 261 g/mol. The molecule has 0 atom stereocenters.